The van der Waals surface area contributed by atoms with Crippen LogP contribution in [0.25, 0.3) is 6.08 Å². The molecule has 3 aromatic rings. The van der Waals surface area contributed by atoms with Gasteiger partial charge in [-0.3, -0.25) is 9.36 Å². The molecule has 4 rings (SSSR count). The lowest BCUT2D eigenvalue weighted by atomic mass is 9.94. The molecular formula is C26H29N3O5S. The Labute approximate surface area is 207 Å². The van der Waals surface area contributed by atoms with E-state index in [9.17, 15) is 9.59 Å². The number of esters is 1. The number of carbonyl (C=O) groups is 1. The van der Waals surface area contributed by atoms with Crippen molar-refractivity contribution >= 4 is 23.4 Å². The van der Waals surface area contributed by atoms with E-state index in [1.807, 2.05) is 33.0 Å². The molecule has 0 saturated carbocycles. The second-order valence-electron chi connectivity index (χ2n) is 8.30. The van der Waals surface area contributed by atoms with Crippen LogP contribution in [0.3, 0.4) is 0 Å². The number of hydrogen-bond acceptors (Lipinski definition) is 7. The zero-order valence-electron chi connectivity index (χ0n) is 21.0. The van der Waals surface area contributed by atoms with Crippen molar-refractivity contribution in [3.05, 3.63) is 77.7 Å². The average Bonchev–Trinajstić information content (AvgIpc) is 3.27. The molecule has 0 amide bonds. The van der Waals surface area contributed by atoms with Crippen molar-refractivity contribution in [2.24, 2.45) is 12.0 Å². The molecule has 0 N–H and O–H groups in total. The Bertz CT molecular complexity index is 1520. The number of allylic oxidation sites excluding steroid dienone is 1. The Hall–Kier alpha value is -3.59. The summed E-state index contributed by atoms with van der Waals surface area (Å²) in [6, 6.07) is 6.58. The van der Waals surface area contributed by atoms with E-state index in [4.69, 9.17) is 14.2 Å². The first-order valence-corrected chi connectivity index (χ1v) is 12.1. The third kappa shape index (κ3) is 4.20. The van der Waals surface area contributed by atoms with Gasteiger partial charge in [-0.2, -0.15) is 0 Å². The van der Waals surface area contributed by atoms with Crippen LogP contribution >= 0.6 is 11.3 Å². The van der Waals surface area contributed by atoms with E-state index in [0.717, 1.165) is 17.0 Å². The molecule has 184 valence electrons. The quantitative estimate of drug-likeness (QED) is 0.491. The number of benzene rings is 1. The van der Waals surface area contributed by atoms with E-state index < -0.39 is 12.0 Å². The number of nitrogens with zero attached hydrogens (tertiary/aromatic N) is 3. The molecule has 0 radical (unpaired) electrons. The summed E-state index contributed by atoms with van der Waals surface area (Å²) in [5.74, 6) is 0.583. The van der Waals surface area contributed by atoms with Gasteiger partial charge in [0, 0.05) is 24.0 Å². The Morgan fingerprint density at radius 1 is 1.17 bits per heavy atom. The summed E-state index contributed by atoms with van der Waals surface area (Å²) in [5.41, 5.74) is 4.29. The molecule has 1 aromatic carbocycles. The van der Waals surface area contributed by atoms with Crippen LogP contribution in [-0.2, 0) is 16.6 Å². The van der Waals surface area contributed by atoms with Crippen molar-refractivity contribution in [2.45, 2.75) is 33.7 Å². The molecule has 0 fully saturated rings. The molecule has 8 nitrogen and oxygen atoms in total. The van der Waals surface area contributed by atoms with Crippen molar-refractivity contribution in [3.8, 4) is 11.5 Å². The minimum atomic E-state index is -0.781. The van der Waals surface area contributed by atoms with Gasteiger partial charge < -0.3 is 18.8 Å². The highest BCUT2D eigenvalue weighted by molar-refractivity contribution is 7.07. The smallest absolute Gasteiger partial charge is 0.338 e. The third-order valence-corrected chi connectivity index (χ3v) is 7.33. The molecule has 35 heavy (non-hydrogen) atoms. The summed E-state index contributed by atoms with van der Waals surface area (Å²) < 4.78 is 20.6. The molecule has 0 bridgehead atoms. The lowest BCUT2D eigenvalue weighted by Crippen LogP contribution is -2.40. The van der Waals surface area contributed by atoms with E-state index in [1.165, 1.54) is 11.3 Å². The number of hydrogen-bond donors (Lipinski definition) is 0. The van der Waals surface area contributed by atoms with Crippen LogP contribution in [0.1, 0.15) is 42.4 Å². The lowest BCUT2D eigenvalue weighted by Gasteiger charge is -2.26. The third-order valence-electron chi connectivity index (χ3n) is 6.35. The van der Waals surface area contributed by atoms with Crippen LogP contribution in [0.15, 0.2) is 45.3 Å². The van der Waals surface area contributed by atoms with E-state index in [1.54, 1.807) is 50.8 Å². The van der Waals surface area contributed by atoms with Crippen molar-refractivity contribution in [1.29, 1.82) is 0 Å². The van der Waals surface area contributed by atoms with Crippen molar-refractivity contribution < 1.29 is 19.0 Å². The molecule has 2 aromatic heterocycles. The van der Waals surface area contributed by atoms with Gasteiger partial charge in [0.2, 0.25) is 0 Å². The number of aromatic nitrogens is 2. The number of rotatable bonds is 6. The maximum Gasteiger partial charge on any atom is 0.338 e. The van der Waals surface area contributed by atoms with Crippen LogP contribution < -0.4 is 24.4 Å². The number of carbonyl (C=O) groups excluding carboxylic acids is 1. The van der Waals surface area contributed by atoms with Gasteiger partial charge in [0.1, 0.15) is 17.5 Å². The van der Waals surface area contributed by atoms with Crippen LogP contribution in [0.2, 0.25) is 0 Å². The summed E-state index contributed by atoms with van der Waals surface area (Å²) in [7, 11) is 5.11. The van der Waals surface area contributed by atoms with E-state index >= 15 is 0 Å². The fraction of sp³-hybridized carbons (Fsp3) is 0.346. The number of fused-ring (bicyclic) bond motifs is 1. The number of methoxy groups -OCH3 is 2. The molecule has 1 aliphatic heterocycles. The highest BCUT2D eigenvalue weighted by Crippen LogP contribution is 2.37. The average molecular weight is 496 g/mol. The minimum absolute atomic E-state index is 0.203. The van der Waals surface area contributed by atoms with E-state index in [0.29, 0.717) is 37.7 Å². The van der Waals surface area contributed by atoms with E-state index in [2.05, 4.69) is 9.56 Å². The van der Waals surface area contributed by atoms with Crippen LogP contribution in [-0.4, -0.2) is 35.9 Å². The Morgan fingerprint density at radius 3 is 2.51 bits per heavy atom. The fourth-order valence-corrected chi connectivity index (χ4v) is 5.35. The largest absolute Gasteiger partial charge is 0.497 e. The predicted molar refractivity (Wildman–Crippen MR) is 135 cm³/mol. The van der Waals surface area contributed by atoms with Crippen molar-refractivity contribution in [1.82, 2.24) is 9.13 Å². The summed E-state index contributed by atoms with van der Waals surface area (Å²) in [6.45, 7) is 7.75. The van der Waals surface area contributed by atoms with Gasteiger partial charge in [-0.25, -0.2) is 9.79 Å². The van der Waals surface area contributed by atoms with Gasteiger partial charge in [0.05, 0.1) is 36.6 Å². The zero-order chi connectivity index (χ0) is 25.4. The maximum atomic E-state index is 13.8. The molecule has 1 atom stereocenters. The first-order valence-electron chi connectivity index (χ1n) is 11.3. The molecule has 0 spiro atoms. The van der Waals surface area contributed by atoms with Crippen LogP contribution in [0.4, 0.5) is 0 Å². The lowest BCUT2D eigenvalue weighted by molar-refractivity contribution is -0.139. The summed E-state index contributed by atoms with van der Waals surface area (Å²) in [4.78, 5) is 32.1. The van der Waals surface area contributed by atoms with Crippen LogP contribution in [0, 0.1) is 13.8 Å². The molecular weight excluding hydrogens is 466 g/mol. The van der Waals surface area contributed by atoms with Gasteiger partial charge >= 0.3 is 5.97 Å². The Kier molecular flexibility index (Phi) is 6.71. The zero-order valence-corrected chi connectivity index (χ0v) is 21.8. The standard InChI is InChI=1S/C26H29N3O5S/c1-8-34-25(31)22-15(3)27-26-29(23(22)19-13-18(32-6)9-10-20(19)33-7)24(30)21(35-26)12-17-11-14(2)28(5)16(17)4/h9-13,23H,8H2,1-7H3. The molecule has 1 unspecified atom stereocenters. The van der Waals surface area contributed by atoms with Gasteiger partial charge in [-0.05, 0) is 63.6 Å². The highest BCUT2D eigenvalue weighted by Gasteiger charge is 2.35. The SMILES string of the molecule is CCOC(=O)C1=C(C)N=c2sc(=Cc3cc(C)n(C)c3C)c(=O)n2C1c1cc(OC)ccc1OC. The fourth-order valence-electron chi connectivity index (χ4n) is 4.31. The second kappa shape index (κ2) is 9.58. The monoisotopic (exact) mass is 495 g/mol. The summed E-state index contributed by atoms with van der Waals surface area (Å²) >= 11 is 1.29. The Balaban J connectivity index is 2.03. The van der Waals surface area contributed by atoms with Crippen molar-refractivity contribution in [3.63, 3.8) is 0 Å². The molecule has 1 aliphatic rings. The summed E-state index contributed by atoms with van der Waals surface area (Å²) in [5, 5.41) is 0. The normalized spacial score (nSPS) is 15.6. The molecule has 9 heteroatoms. The summed E-state index contributed by atoms with van der Waals surface area (Å²) in [6.07, 6.45) is 1.88. The highest BCUT2D eigenvalue weighted by atomic mass is 32.1. The van der Waals surface area contributed by atoms with Gasteiger partial charge in [-0.1, -0.05) is 11.3 Å². The first-order chi connectivity index (χ1) is 16.7. The number of thiazole rings is 1. The van der Waals surface area contributed by atoms with Gasteiger partial charge in [-0.15, -0.1) is 0 Å². The second-order valence-corrected chi connectivity index (χ2v) is 9.30. The van der Waals surface area contributed by atoms with Gasteiger partial charge in [0.15, 0.2) is 4.80 Å². The molecule has 3 heterocycles. The predicted octanol–water partition coefficient (Wildman–Crippen LogP) is 2.77. The van der Waals surface area contributed by atoms with Crippen molar-refractivity contribution in [2.75, 3.05) is 20.8 Å². The minimum Gasteiger partial charge on any atom is -0.497 e. The maximum absolute atomic E-state index is 13.8. The first kappa shape index (κ1) is 24.5. The Morgan fingerprint density at radius 2 is 1.91 bits per heavy atom. The van der Waals surface area contributed by atoms with Crippen LogP contribution in [0.5, 0.6) is 11.5 Å². The van der Waals surface area contributed by atoms with E-state index in [-0.39, 0.29) is 12.2 Å². The molecule has 0 saturated heterocycles. The molecule has 0 aliphatic carbocycles. The number of aryl methyl sites for hydroxylation is 1. The number of ether oxygens (including phenoxy) is 3. The topological polar surface area (TPSA) is 84.1 Å². The van der Waals surface area contributed by atoms with Gasteiger partial charge in [0.25, 0.3) is 5.56 Å².